The van der Waals surface area contributed by atoms with Gasteiger partial charge in [0.05, 0.1) is 39.6 Å². The molecule has 0 unspecified atom stereocenters. The zero-order valence-corrected chi connectivity index (χ0v) is 42.5. The average Bonchev–Trinajstić information content (AvgIpc) is 3.26. The van der Waals surface area contributed by atoms with Crippen molar-refractivity contribution in [3.63, 3.8) is 0 Å². The standard InChI is InChI=1S/C51H82O10P2/c1-11-15-30-50(13-3)36-56-62(57-37-50)60-44-27-24-40(34-42(44)48(5,6)7)22-21-23-46(52)54-32-19-17-18-20-33-55-47(53)29-26-41-25-28-45(43(35-41)49(8,9)10)61-63-58-38-51(14-4,39-59-63)31-16-12-2/h24-25,27-28,34-35H,11-23,26,29-33,36-39H2,1-10H3. The number of carbonyl (C=O) groups is 2. The summed E-state index contributed by atoms with van der Waals surface area (Å²) in [7, 11) is -2.90. The van der Waals surface area contributed by atoms with Crippen molar-refractivity contribution in [3.05, 3.63) is 58.7 Å². The van der Waals surface area contributed by atoms with Gasteiger partial charge in [0.1, 0.15) is 11.5 Å². The first-order valence-corrected chi connectivity index (χ1v) is 26.3. The van der Waals surface area contributed by atoms with Crippen LogP contribution in [0, 0.1) is 10.8 Å². The van der Waals surface area contributed by atoms with Gasteiger partial charge in [0.25, 0.3) is 0 Å². The van der Waals surface area contributed by atoms with Gasteiger partial charge in [0.2, 0.25) is 0 Å². The van der Waals surface area contributed by atoms with Gasteiger partial charge < -0.3 is 36.6 Å². The fourth-order valence-electron chi connectivity index (χ4n) is 7.89. The van der Waals surface area contributed by atoms with E-state index in [4.69, 9.17) is 36.6 Å². The Labute approximate surface area is 383 Å². The molecule has 0 radical (unpaired) electrons. The van der Waals surface area contributed by atoms with Crippen LogP contribution in [0.2, 0.25) is 0 Å². The second-order valence-corrected chi connectivity index (χ2v) is 22.3. The van der Waals surface area contributed by atoms with E-state index in [2.05, 4.69) is 87.4 Å². The maximum absolute atomic E-state index is 12.6. The first kappa shape index (κ1) is 53.3. The van der Waals surface area contributed by atoms with Gasteiger partial charge in [0, 0.05) is 34.8 Å². The van der Waals surface area contributed by atoms with Crippen LogP contribution >= 0.6 is 17.2 Å². The van der Waals surface area contributed by atoms with Crippen LogP contribution in [-0.2, 0) is 60.8 Å². The lowest BCUT2D eigenvalue weighted by Gasteiger charge is -2.38. The number of aryl methyl sites for hydroxylation is 2. The normalized spacial score (nSPS) is 21.8. The highest BCUT2D eigenvalue weighted by Crippen LogP contribution is 2.52. The van der Waals surface area contributed by atoms with Crippen molar-refractivity contribution >= 4 is 29.1 Å². The summed E-state index contributed by atoms with van der Waals surface area (Å²) < 4.78 is 48.3. The molecule has 0 atom stereocenters. The fourth-order valence-corrected chi connectivity index (χ4v) is 10.4. The highest BCUT2D eigenvalue weighted by Gasteiger charge is 2.39. The Morgan fingerprint density at radius 2 is 0.968 bits per heavy atom. The molecule has 2 aromatic carbocycles. The molecular formula is C51H82O10P2. The molecule has 12 heteroatoms. The van der Waals surface area contributed by atoms with Gasteiger partial charge in [-0.15, -0.1) is 0 Å². The largest absolute Gasteiger partial charge is 0.466 e. The molecule has 2 fully saturated rings. The summed E-state index contributed by atoms with van der Waals surface area (Å²) in [6.45, 7) is 25.4. The van der Waals surface area contributed by atoms with Crippen LogP contribution in [0.4, 0.5) is 0 Å². The predicted molar refractivity (Wildman–Crippen MR) is 255 cm³/mol. The number of hydrogen-bond acceptors (Lipinski definition) is 10. The monoisotopic (exact) mass is 917 g/mol. The highest BCUT2D eigenvalue weighted by molar-refractivity contribution is 7.42. The van der Waals surface area contributed by atoms with E-state index in [0.717, 1.165) is 92.4 Å². The third kappa shape index (κ3) is 17.8. The van der Waals surface area contributed by atoms with Crippen molar-refractivity contribution < 1.29 is 46.2 Å². The minimum absolute atomic E-state index is 0.0748. The number of benzene rings is 2. The smallest absolute Gasteiger partial charge is 0.397 e. The van der Waals surface area contributed by atoms with E-state index in [9.17, 15) is 9.59 Å². The van der Waals surface area contributed by atoms with E-state index >= 15 is 0 Å². The number of carbonyl (C=O) groups excluding carboxylic acids is 2. The Balaban J connectivity index is 1.08. The van der Waals surface area contributed by atoms with Crippen LogP contribution in [0.3, 0.4) is 0 Å². The highest BCUT2D eigenvalue weighted by atomic mass is 31.2. The number of unbranched alkanes of at least 4 members (excludes halogenated alkanes) is 5. The quantitative estimate of drug-likeness (QED) is 0.0514. The van der Waals surface area contributed by atoms with E-state index in [1.807, 2.05) is 18.2 Å². The van der Waals surface area contributed by atoms with Crippen LogP contribution in [0.1, 0.15) is 188 Å². The minimum Gasteiger partial charge on any atom is -0.466 e. The van der Waals surface area contributed by atoms with Crippen LogP contribution < -0.4 is 9.05 Å². The topological polar surface area (TPSA) is 108 Å². The SMILES string of the molecule is CCCCC1(CC)COP(Oc2ccc(CCCC(=O)OCCCCCCOC(=O)CCc3ccc(OP4OCC(CC)(CCCC)CO4)c(C(C)(C)C)c3)cc2C(C)(C)C)OC1. The molecule has 356 valence electrons. The number of rotatable bonds is 26. The Hall–Kier alpha value is -2.32. The van der Waals surface area contributed by atoms with Crippen LogP contribution in [0.15, 0.2) is 36.4 Å². The maximum Gasteiger partial charge on any atom is 0.397 e. The summed E-state index contributed by atoms with van der Waals surface area (Å²) in [6, 6.07) is 12.4. The second-order valence-electron chi connectivity index (χ2n) is 20.0. The summed E-state index contributed by atoms with van der Waals surface area (Å²) in [5.41, 5.74) is 4.27. The summed E-state index contributed by atoms with van der Waals surface area (Å²) >= 11 is 0. The molecule has 10 nitrogen and oxygen atoms in total. The zero-order chi connectivity index (χ0) is 45.9. The molecule has 0 bridgehead atoms. The lowest BCUT2D eigenvalue weighted by molar-refractivity contribution is -0.145. The Morgan fingerprint density at radius 3 is 1.37 bits per heavy atom. The van der Waals surface area contributed by atoms with Gasteiger partial charge in [-0.05, 0) is 105 Å². The molecule has 0 aromatic heterocycles. The molecule has 0 N–H and O–H groups in total. The molecular weight excluding hydrogens is 834 g/mol. The van der Waals surface area contributed by atoms with Gasteiger partial charge in [-0.3, -0.25) is 9.59 Å². The molecule has 2 aromatic rings. The molecule has 0 saturated carbocycles. The molecule has 2 aliphatic heterocycles. The number of esters is 2. The van der Waals surface area contributed by atoms with Crippen molar-refractivity contribution in [1.82, 2.24) is 0 Å². The molecule has 0 aliphatic carbocycles. The average molecular weight is 917 g/mol. The van der Waals surface area contributed by atoms with E-state index in [1.165, 1.54) is 24.8 Å². The molecule has 4 rings (SSSR count). The van der Waals surface area contributed by atoms with E-state index < -0.39 is 17.2 Å². The van der Waals surface area contributed by atoms with Gasteiger partial charge in [-0.25, -0.2) is 0 Å². The van der Waals surface area contributed by atoms with Crippen molar-refractivity contribution in [2.24, 2.45) is 10.8 Å². The third-order valence-corrected chi connectivity index (χ3v) is 14.7. The lowest BCUT2D eigenvalue weighted by atomic mass is 9.82. The second kappa shape index (κ2) is 26.1. The van der Waals surface area contributed by atoms with E-state index in [1.54, 1.807) is 0 Å². The van der Waals surface area contributed by atoms with Crippen molar-refractivity contribution in [3.8, 4) is 11.5 Å². The molecule has 2 heterocycles. The predicted octanol–water partition coefficient (Wildman–Crippen LogP) is 14.4. The van der Waals surface area contributed by atoms with Crippen LogP contribution in [0.25, 0.3) is 0 Å². The van der Waals surface area contributed by atoms with Gasteiger partial charge >= 0.3 is 29.1 Å². The summed E-state index contributed by atoms with van der Waals surface area (Å²) in [6.07, 6.45) is 15.1. The first-order valence-electron chi connectivity index (χ1n) is 24.1. The molecule has 2 saturated heterocycles. The first-order chi connectivity index (χ1) is 30.0. The Kier molecular flexibility index (Phi) is 22.1. The third-order valence-electron chi connectivity index (χ3n) is 12.6. The van der Waals surface area contributed by atoms with E-state index in [-0.39, 0.29) is 33.6 Å². The maximum atomic E-state index is 12.6. The molecule has 2 aliphatic rings. The van der Waals surface area contributed by atoms with Gasteiger partial charge in [-0.1, -0.05) is 119 Å². The molecule has 63 heavy (non-hydrogen) atoms. The van der Waals surface area contributed by atoms with Crippen molar-refractivity contribution in [2.45, 2.75) is 189 Å². The Bertz CT molecular complexity index is 1670. The van der Waals surface area contributed by atoms with Crippen molar-refractivity contribution in [1.29, 1.82) is 0 Å². The molecule has 0 spiro atoms. The van der Waals surface area contributed by atoms with Gasteiger partial charge in [-0.2, -0.15) is 0 Å². The number of hydrogen-bond donors (Lipinski definition) is 0. The molecule has 0 amide bonds. The van der Waals surface area contributed by atoms with Gasteiger partial charge in [0.15, 0.2) is 0 Å². The minimum atomic E-state index is -1.46. The zero-order valence-electron chi connectivity index (χ0n) is 40.7. The van der Waals surface area contributed by atoms with Crippen LogP contribution in [0.5, 0.6) is 11.5 Å². The lowest BCUT2D eigenvalue weighted by Crippen LogP contribution is -2.34. The Morgan fingerprint density at radius 1 is 0.556 bits per heavy atom. The number of ether oxygens (including phenoxy) is 2. The fraction of sp³-hybridized carbons (Fsp3) is 0.725. The van der Waals surface area contributed by atoms with Crippen LogP contribution in [-0.4, -0.2) is 51.6 Å². The van der Waals surface area contributed by atoms with Crippen molar-refractivity contribution in [2.75, 3.05) is 39.6 Å². The summed E-state index contributed by atoms with van der Waals surface area (Å²) in [5, 5.41) is 0. The van der Waals surface area contributed by atoms with E-state index in [0.29, 0.717) is 65.3 Å². The summed E-state index contributed by atoms with van der Waals surface area (Å²) in [4.78, 5) is 25.1. The summed E-state index contributed by atoms with van der Waals surface area (Å²) in [5.74, 6) is 1.21.